The third-order valence-corrected chi connectivity index (χ3v) is 5.85. The van der Waals surface area contributed by atoms with Gasteiger partial charge in [0.2, 0.25) is 6.54 Å². The van der Waals surface area contributed by atoms with Crippen molar-refractivity contribution in [3.63, 3.8) is 0 Å². The van der Waals surface area contributed by atoms with Gasteiger partial charge in [0, 0.05) is 27.6 Å². The molecule has 1 N–H and O–H groups in total. The third kappa shape index (κ3) is 4.82. The Balaban J connectivity index is 1.74. The summed E-state index contributed by atoms with van der Waals surface area (Å²) in [4.78, 5) is 14.4. The minimum Gasteiger partial charge on any atom is -0.490 e. The number of ether oxygens (including phenoxy) is 2. The number of hydrogen-bond acceptors (Lipinski definition) is 5. The van der Waals surface area contributed by atoms with Crippen molar-refractivity contribution in [1.82, 2.24) is 4.98 Å². The van der Waals surface area contributed by atoms with Crippen molar-refractivity contribution >= 4 is 22.5 Å². The number of aromatic nitrogens is 1. The Morgan fingerprint density at radius 3 is 2.68 bits per heavy atom. The van der Waals surface area contributed by atoms with Crippen molar-refractivity contribution in [2.75, 3.05) is 13.2 Å². The molecule has 7 nitrogen and oxygen atoms in total. The monoisotopic (exact) mass is 475 g/mol. The fourth-order valence-corrected chi connectivity index (χ4v) is 4.29. The Morgan fingerprint density at radius 2 is 1.91 bits per heavy atom. The lowest BCUT2D eigenvalue weighted by atomic mass is 9.90. The number of nitriles is 1. The van der Waals surface area contributed by atoms with E-state index in [1.165, 1.54) is 0 Å². The van der Waals surface area contributed by atoms with Gasteiger partial charge in [0.1, 0.15) is 6.61 Å². The Bertz CT molecular complexity index is 1380. The summed E-state index contributed by atoms with van der Waals surface area (Å²) < 4.78 is 11.8. The average molecular weight is 476 g/mol. The number of halogens is 1. The molecule has 0 aliphatic heterocycles. The summed E-state index contributed by atoms with van der Waals surface area (Å²) in [5.74, 6) is 0.183. The number of H-pyrrole nitrogens is 1. The van der Waals surface area contributed by atoms with Crippen LogP contribution in [-0.4, -0.2) is 23.1 Å². The predicted octanol–water partition coefficient (Wildman–Crippen LogP) is 6.08. The lowest BCUT2D eigenvalue weighted by Gasteiger charge is -2.19. The van der Waals surface area contributed by atoms with Crippen molar-refractivity contribution in [3.8, 4) is 17.6 Å². The van der Waals surface area contributed by atoms with Crippen LogP contribution in [0.2, 0.25) is 5.02 Å². The number of nitrogens with one attached hydrogen (secondary N) is 1. The van der Waals surface area contributed by atoms with Crippen LogP contribution in [0.3, 0.4) is 0 Å². The largest absolute Gasteiger partial charge is 0.490 e. The van der Waals surface area contributed by atoms with Gasteiger partial charge in [0.25, 0.3) is 0 Å². The van der Waals surface area contributed by atoms with Crippen LogP contribution in [0.5, 0.6) is 11.5 Å². The number of aromatic amines is 1. The van der Waals surface area contributed by atoms with Gasteiger partial charge < -0.3 is 14.5 Å². The Kier molecular flexibility index (Phi) is 7.00. The van der Waals surface area contributed by atoms with Gasteiger partial charge in [-0.3, -0.25) is 10.1 Å². The molecule has 34 heavy (non-hydrogen) atoms. The van der Waals surface area contributed by atoms with E-state index in [2.05, 4.69) is 11.1 Å². The topological polar surface area (TPSA) is 101 Å². The SMILES string of the molecule is CCOc1cc([C@@H](C[N+](=O)[O-])c2c[nH]c3ccccc23)cc(Cl)c1OCc1ccccc1C#N. The highest BCUT2D eigenvalue weighted by atomic mass is 35.5. The maximum absolute atomic E-state index is 11.6. The number of nitrogens with zero attached hydrogens (tertiary/aromatic N) is 2. The summed E-state index contributed by atoms with van der Waals surface area (Å²) in [6, 6.07) is 20.4. The molecule has 0 radical (unpaired) electrons. The van der Waals surface area contributed by atoms with Crippen molar-refractivity contribution in [2.45, 2.75) is 19.4 Å². The van der Waals surface area contributed by atoms with E-state index in [1.54, 1.807) is 30.5 Å². The third-order valence-electron chi connectivity index (χ3n) is 5.57. The second kappa shape index (κ2) is 10.3. The number of fused-ring (bicyclic) bond motifs is 1. The first-order chi connectivity index (χ1) is 16.5. The van der Waals surface area contributed by atoms with E-state index < -0.39 is 5.92 Å². The highest BCUT2D eigenvalue weighted by Gasteiger charge is 2.26. The van der Waals surface area contributed by atoms with Crippen LogP contribution < -0.4 is 9.47 Å². The van der Waals surface area contributed by atoms with E-state index in [-0.39, 0.29) is 23.1 Å². The molecule has 1 atom stereocenters. The Hall–Kier alpha value is -4.02. The number of benzene rings is 3. The lowest BCUT2D eigenvalue weighted by Crippen LogP contribution is -2.14. The summed E-state index contributed by atoms with van der Waals surface area (Å²) >= 11 is 6.62. The van der Waals surface area contributed by atoms with E-state index in [0.29, 0.717) is 29.2 Å². The summed E-state index contributed by atoms with van der Waals surface area (Å²) in [6.45, 7) is 2.02. The zero-order valence-corrected chi connectivity index (χ0v) is 19.2. The van der Waals surface area contributed by atoms with Crippen LogP contribution in [-0.2, 0) is 6.61 Å². The smallest absolute Gasteiger partial charge is 0.214 e. The molecule has 0 saturated heterocycles. The molecule has 0 spiro atoms. The van der Waals surface area contributed by atoms with Crippen molar-refractivity contribution < 1.29 is 14.4 Å². The number of rotatable bonds is 9. The normalized spacial score (nSPS) is 11.7. The van der Waals surface area contributed by atoms with Gasteiger partial charge in [-0.15, -0.1) is 0 Å². The molecule has 0 amide bonds. The molecular formula is C26H22ClN3O4. The average Bonchev–Trinajstić information content (AvgIpc) is 3.26. The molecular weight excluding hydrogens is 454 g/mol. The second-order valence-corrected chi connectivity index (χ2v) is 8.09. The Morgan fingerprint density at radius 1 is 1.15 bits per heavy atom. The first-order valence-corrected chi connectivity index (χ1v) is 11.1. The highest BCUT2D eigenvalue weighted by Crippen LogP contribution is 2.41. The number of nitro groups is 1. The fraction of sp³-hybridized carbons (Fsp3) is 0.192. The molecule has 0 fully saturated rings. The quantitative estimate of drug-likeness (QED) is 0.233. The maximum atomic E-state index is 11.6. The zero-order chi connectivity index (χ0) is 24.1. The fourth-order valence-electron chi connectivity index (χ4n) is 4.01. The van der Waals surface area contributed by atoms with Gasteiger partial charge >= 0.3 is 0 Å². The number of hydrogen-bond donors (Lipinski definition) is 1. The molecule has 0 aliphatic rings. The molecule has 8 heteroatoms. The summed E-state index contributed by atoms with van der Waals surface area (Å²) in [7, 11) is 0. The zero-order valence-electron chi connectivity index (χ0n) is 18.5. The molecule has 4 rings (SSSR count). The van der Waals surface area contributed by atoms with E-state index >= 15 is 0 Å². The van der Waals surface area contributed by atoms with Crippen LogP contribution in [0, 0.1) is 21.4 Å². The molecule has 3 aromatic carbocycles. The first-order valence-electron chi connectivity index (χ1n) is 10.8. The van der Waals surface area contributed by atoms with Gasteiger partial charge in [-0.25, -0.2) is 0 Å². The van der Waals surface area contributed by atoms with E-state index in [1.807, 2.05) is 43.3 Å². The van der Waals surface area contributed by atoms with Gasteiger partial charge in [0.05, 0.1) is 29.2 Å². The maximum Gasteiger partial charge on any atom is 0.214 e. The standard InChI is InChI=1S/C26H22ClN3O4/c1-2-33-25-12-19(11-23(27)26(25)34-16-18-8-4-3-7-17(18)13-28)22(15-30(31)32)21-14-29-24-10-6-5-9-20(21)24/h3-12,14,22,29H,2,15-16H2,1H3/t22-/m1/s1. The minimum atomic E-state index is -0.545. The highest BCUT2D eigenvalue weighted by molar-refractivity contribution is 6.32. The van der Waals surface area contributed by atoms with Crippen molar-refractivity contribution in [2.24, 2.45) is 0 Å². The van der Waals surface area contributed by atoms with Crippen molar-refractivity contribution in [3.05, 3.63) is 104 Å². The number of para-hydroxylation sites is 1. The van der Waals surface area contributed by atoms with Crippen LogP contribution >= 0.6 is 11.6 Å². The molecule has 0 unspecified atom stereocenters. The molecule has 4 aromatic rings. The molecule has 0 aliphatic carbocycles. The van der Waals surface area contributed by atoms with Gasteiger partial charge in [0.15, 0.2) is 11.5 Å². The molecule has 0 bridgehead atoms. The van der Waals surface area contributed by atoms with Crippen LogP contribution in [0.1, 0.15) is 35.1 Å². The second-order valence-electron chi connectivity index (χ2n) is 7.68. The van der Waals surface area contributed by atoms with E-state index in [0.717, 1.165) is 22.0 Å². The predicted molar refractivity (Wildman–Crippen MR) is 130 cm³/mol. The van der Waals surface area contributed by atoms with E-state index in [9.17, 15) is 15.4 Å². The molecule has 0 saturated carbocycles. The van der Waals surface area contributed by atoms with Crippen LogP contribution in [0.15, 0.2) is 66.9 Å². The lowest BCUT2D eigenvalue weighted by molar-refractivity contribution is -0.481. The summed E-state index contributed by atoms with van der Waals surface area (Å²) in [5, 5.41) is 22.1. The molecule has 1 heterocycles. The van der Waals surface area contributed by atoms with Crippen molar-refractivity contribution in [1.29, 1.82) is 5.26 Å². The summed E-state index contributed by atoms with van der Waals surface area (Å²) in [5.41, 5.74) is 3.59. The van der Waals surface area contributed by atoms with Crippen LogP contribution in [0.4, 0.5) is 0 Å². The van der Waals surface area contributed by atoms with Gasteiger partial charge in [-0.05, 0) is 42.3 Å². The van der Waals surface area contributed by atoms with Gasteiger partial charge in [-0.1, -0.05) is 48.0 Å². The van der Waals surface area contributed by atoms with E-state index in [4.69, 9.17) is 21.1 Å². The van der Waals surface area contributed by atoms with Gasteiger partial charge in [-0.2, -0.15) is 5.26 Å². The van der Waals surface area contributed by atoms with Crippen LogP contribution in [0.25, 0.3) is 10.9 Å². The molecule has 1 aromatic heterocycles. The first kappa shape index (κ1) is 23.1. The summed E-state index contributed by atoms with van der Waals surface area (Å²) in [6.07, 6.45) is 1.80. The molecule has 172 valence electrons. The Labute approximate surface area is 201 Å². The minimum absolute atomic E-state index is 0.129.